The Morgan fingerprint density at radius 2 is 1.54 bits per heavy atom. The van der Waals surface area contributed by atoms with Gasteiger partial charge in [-0.05, 0) is 82.3 Å². The van der Waals surface area contributed by atoms with Gasteiger partial charge in [-0.2, -0.15) is 0 Å². The average molecular weight is 747 g/mol. The summed E-state index contributed by atoms with van der Waals surface area (Å²) in [4.78, 5) is 20.9. The lowest BCUT2D eigenvalue weighted by atomic mass is 9.78. The third kappa shape index (κ3) is 9.92. The Kier molecular flexibility index (Phi) is 15.3. The van der Waals surface area contributed by atoms with E-state index in [0.717, 1.165) is 0 Å². The Balaban J connectivity index is 2.20. The number of rotatable bonds is 7. The lowest BCUT2D eigenvalue weighted by Gasteiger charge is -2.48. The van der Waals surface area contributed by atoms with Gasteiger partial charge in [0.1, 0.15) is 23.9 Å². The van der Waals surface area contributed by atoms with Crippen molar-refractivity contribution >= 4 is 11.7 Å². The van der Waals surface area contributed by atoms with Gasteiger partial charge in [0, 0.05) is 49.6 Å². The molecule has 2 saturated heterocycles. The van der Waals surface area contributed by atoms with E-state index < -0.39 is 102 Å². The molecular weight excluding hydrogens is 676 g/mol. The summed E-state index contributed by atoms with van der Waals surface area (Å²) in [5, 5.41) is 58.0. The van der Waals surface area contributed by atoms with E-state index in [4.69, 9.17) is 33.4 Å². The highest BCUT2D eigenvalue weighted by Crippen LogP contribution is 2.40. The first-order valence-electron chi connectivity index (χ1n) is 19.0. The van der Waals surface area contributed by atoms with Gasteiger partial charge in [-0.1, -0.05) is 20.8 Å². The van der Waals surface area contributed by atoms with Gasteiger partial charge in [-0.15, -0.1) is 0 Å². The highest BCUT2D eigenvalue weighted by atomic mass is 16.7. The van der Waals surface area contributed by atoms with Gasteiger partial charge in [-0.25, -0.2) is 0 Å². The summed E-state index contributed by atoms with van der Waals surface area (Å²) >= 11 is 0. The zero-order valence-electron chi connectivity index (χ0n) is 34.0. The molecule has 3 aliphatic heterocycles. The first-order chi connectivity index (χ1) is 23.9. The molecule has 0 amide bonds. The maximum Gasteiger partial charge on any atom is 0.311 e. The first-order valence-corrected chi connectivity index (χ1v) is 19.0. The molecule has 0 radical (unpaired) electrons. The maximum atomic E-state index is 14.2. The van der Waals surface area contributed by atoms with E-state index in [2.05, 4.69) is 0 Å². The van der Waals surface area contributed by atoms with Crippen LogP contribution in [0.25, 0.3) is 0 Å². The Labute approximate surface area is 311 Å². The molecule has 0 aromatic heterocycles. The van der Waals surface area contributed by atoms with Gasteiger partial charge >= 0.3 is 5.97 Å². The van der Waals surface area contributed by atoms with Gasteiger partial charge < -0.3 is 58.9 Å². The van der Waals surface area contributed by atoms with Gasteiger partial charge in [-0.3, -0.25) is 9.79 Å². The lowest BCUT2D eigenvalue weighted by Crippen LogP contribution is -2.60. The van der Waals surface area contributed by atoms with E-state index in [1.165, 1.54) is 14.0 Å². The topological polar surface area (TPSA) is 189 Å². The standard InChI is InChI=1S/C38H70N2O12/c1-15-27-38(11,46)31(42)21(4)24(7)39-19(2)17-36(9,45)33(52-35-29(41)26(40(12)13)16-20(3)48-35)22(5)30(23(6)34(44)50-27)51-28-18-37(10,47-14)32(43)25(8)49-28/h19-23,25-33,35,41-43,45-46H,15-18H2,1-14H3/t19-,20-,21+,22+,23-,25+,26+,27-,28+,29-,30+,31-,32+,33-,35+,36?,37-,38?/m1/s1. The number of carbonyl (C=O) groups is 1. The second kappa shape index (κ2) is 17.7. The molecule has 0 spiro atoms. The molecule has 0 saturated carbocycles. The van der Waals surface area contributed by atoms with E-state index >= 15 is 0 Å². The molecule has 0 aromatic rings. The molecule has 3 rings (SSSR count). The van der Waals surface area contributed by atoms with Crippen LogP contribution in [0.5, 0.6) is 0 Å². The highest BCUT2D eigenvalue weighted by molar-refractivity contribution is 5.85. The van der Waals surface area contributed by atoms with Crippen LogP contribution in [0.15, 0.2) is 4.99 Å². The number of methoxy groups -OCH3 is 1. The smallest absolute Gasteiger partial charge is 0.311 e. The summed E-state index contributed by atoms with van der Waals surface area (Å²) in [6.45, 7) is 19.0. The van der Waals surface area contributed by atoms with E-state index in [1.54, 1.807) is 55.4 Å². The van der Waals surface area contributed by atoms with Crippen molar-refractivity contribution in [2.75, 3.05) is 21.2 Å². The number of cyclic esters (lactones) is 1. The van der Waals surface area contributed by atoms with Gasteiger partial charge in [0.15, 0.2) is 12.6 Å². The molecule has 0 aliphatic carbocycles. The molecular formula is C38H70N2O12. The van der Waals surface area contributed by atoms with Crippen molar-refractivity contribution in [3.63, 3.8) is 0 Å². The largest absolute Gasteiger partial charge is 0.459 e. The molecule has 2 fully saturated rings. The van der Waals surface area contributed by atoms with Crippen LogP contribution in [0.2, 0.25) is 0 Å². The van der Waals surface area contributed by atoms with Crippen molar-refractivity contribution in [1.82, 2.24) is 4.90 Å². The molecule has 0 bridgehead atoms. The van der Waals surface area contributed by atoms with Crippen molar-refractivity contribution in [3.8, 4) is 0 Å². The van der Waals surface area contributed by atoms with Crippen LogP contribution < -0.4 is 0 Å². The van der Waals surface area contributed by atoms with Crippen molar-refractivity contribution in [2.45, 2.75) is 192 Å². The van der Waals surface area contributed by atoms with Crippen LogP contribution in [0.4, 0.5) is 0 Å². The third-order valence-corrected chi connectivity index (χ3v) is 12.0. The Morgan fingerprint density at radius 1 is 0.923 bits per heavy atom. The van der Waals surface area contributed by atoms with Gasteiger partial charge in [0.2, 0.25) is 0 Å². The molecule has 14 nitrogen and oxygen atoms in total. The number of aliphatic hydroxyl groups is 5. The van der Waals surface area contributed by atoms with Crippen LogP contribution in [0.3, 0.4) is 0 Å². The number of nitrogens with zero attached hydrogens (tertiary/aromatic N) is 2. The second-order valence-electron chi connectivity index (χ2n) is 16.8. The van der Waals surface area contributed by atoms with Gasteiger partial charge in [0.25, 0.3) is 0 Å². The highest BCUT2D eigenvalue weighted by Gasteiger charge is 2.52. The minimum Gasteiger partial charge on any atom is -0.459 e. The number of aliphatic imine (C=N–C) groups is 1. The van der Waals surface area contributed by atoms with Crippen LogP contribution >= 0.6 is 0 Å². The molecule has 304 valence electrons. The minimum atomic E-state index is -1.84. The summed E-state index contributed by atoms with van der Waals surface area (Å²) in [6.07, 6.45) is -8.64. The molecule has 52 heavy (non-hydrogen) atoms. The predicted molar refractivity (Wildman–Crippen MR) is 195 cm³/mol. The summed E-state index contributed by atoms with van der Waals surface area (Å²) in [7, 11) is 5.25. The Morgan fingerprint density at radius 3 is 2.10 bits per heavy atom. The van der Waals surface area contributed by atoms with Crippen molar-refractivity contribution in [3.05, 3.63) is 0 Å². The summed E-state index contributed by atoms with van der Waals surface area (Å²) in [5.41, 5.74) is -3.96. The molecule has 0 aromatic carbocycles. The summed E-state index contributed by atoms with van der Waals surface area (Å²) in [6, 6.07) is -0.767. The van der Waals surface area contributed by atoms with Crippen LogP contribution in [0, 0.1) is 17.8 Å². The molecule has 3 aliphatic rings. The van der Waals surface area contributed by atoms with E-state index in [1.807, 2.05) is 32.8 Å². The van der Waals surface area contributed by atoms with Crippen LogP contribution in [0.1, 0.15) is 102 Å². The predicted octanol–water partition coefficient (Wildman–Crippen LogP) is 2.43. The van der Waals surface area contributed by atoms with Crippen LogP contribution in [-0.2, 0) is 33.2 Å². The monoisotopic (exact) mass is 746 g/mol. The van der Waals surface area contributed by atoms with Crippen LogP contribution in [-0.4, -0.2) is 154 Å². The van der Waals surface area contributed by atoms with Crippen molar-refractivity contribution in [1.29, 1.82) is 0 Å². The van der Waals surface area contributed by atoms with E-state index in [-0.39, 0.29) is 31.4 Å². The Bertz CT molecular complexity index is 1200. The minimum absolute atomic E-state index is 0.0854. The SMILES string of the molecule is CC[C@H]1OC(=O)[C@H](C)[C@@H](O[C@H]2C[C@@](C)(OC)[C@@H](O)[C@H](C)O2)[C@H](C)[C@@H](O[C@@H]2O[C@H](C)C[C@H](N(C)C)[C@H]2O)C(C)(O)C[C@@H](C)N=C(C)[C@H](C)[C@@H](O)C1(C)O. The van der Waals surface area contributed by atoms with E-state index in [0.29, 0.717) is 12.1 Å². The number of carbonyl (C=O) groups excluding carboxylic acids is 1. The van der Waals surface area contributed by atoms with E-state index in [9.17, 15) is 30.3 Å². The number of hydrogen-bond donors (Lipinski definition) is 5. The van der Waals surface area contributed by atoms with Crippen molar-refractivity contribution in [2.24, 2.45) is 22.7 Å². The Hall–Kier alpha value is -1.30. The number of hydrogen-bond acceptors (Lipinski definition) is 14. The number of aliphatic hydroxyl groups excluding tert-OH is 3. The number of ether oxygens (including phenoxy) is 6. The fourth-order valence-electron chi connectivity index (χ4n) is 8.42. The quantitative estimate of drug-likeness (QED) is 0.239. The first kappa shape index (κ1) is 45.1. The third-order valence-electron chi connectivity index (χ3n) is 12.0. The number of esters is 1. The van der Waals surface area contributed by atoms with Crippen molar-refractivity contribution < 1.29 is 58.7 Å². The zero-order chi connectivity index (χ0) is 39.7. The average Bonchev–Trinajstić information content (AvgIpc) is 3.05. The fourth-order valence-corrected chi connectivity index (χ4v) is 8.42. The lowest BCUT2D eigenvalue weighted by molar-refractivity contribution is -0.317. The fraction of sp³-hybridized carbons (Fsp3) is 0.947. The second-order valence-corrected chi connectivity index (χ2v) is 16.8. The molecule has 2 unspecified atom stereocenters. The zero-order valence-corrected chi connectivity index (χ0v) is 34.0. The molecule has 18 atom stereocenters. The maximum absolute atomic E-state index is 14.2. The normalized spacial score (nSPS) is 49.1. The number of likely N-dealkylation sites (N-methyl/N-ethyl adjacent to an activating group) is 1. The molecule has 3 heterocycles. The van der Waals surface area contributed by atoms with Gasteiger partial charge in [0.05, 0.1) is 47.6 Å². The summed E-state index contributed by atoms with van der Waals surface area (Å²) < 4.78 is 37.4. The molecule has 5 N–H and O–H groups in total. The molecule has 14 heteroatoms. The summed E-state index contributed by atoms with van der Waals surface area (Å²) in [5.74, 6) is -3.13.